The number of aliphatic carboxylic acids is 1. The standard InChI is InChI=1S/C14H18ClNO4S/c1-4-16(14(2,3)13(17)18)21(19,20)10-9-11-5-7-12(15)8-6-11/h5-10H,4H2,1-3H3,(H,17,18). The zero-order valence-corrected chi connectivity index (χ0v) is 13.6. The van der Waals surface area contributed by atoms with E-state index in [-0.39, 0.29) is 6.54 Å². The molecule has 5 nitrogen and oxygen atoms in total. The second-order valence-electron chi connectivity index (χ2n) is 4.93. The van der Waals surface area contributed by atoms with Gasteiger partial charge in [0.15, 0.2) is 0 Å². The van der Waals surface area contributed by atoms with Crippen LogP contribution in [0.3, 0.4) is 0 Å². The van der Waals surface area contributed by atoms with Gasteiger partial charge < -0.3 is 5.11 Å². The molecule has 0 amide bonds. The maximum absolute atomic E-state index is 12.3. The van der Waals surface area contributed by atoms with Crippen LogP contribution in [-0.2, 0) is 14.8 Å². The monoisotopic (exact) mass is 331 g/mol. The Labute approximate surface area is 129 Å². The van der Waals surface area contributed by atoms with E-state index in [1.54, 1.807) is 31.2 Å². The Morgan fingerprint density at radius 2 is 1.86 bits per heavy atom. The molecule has 1 aromatic rings. The van der Waals surface area contributed by atoms with E-state index in [0.717, 1.165) is 9.71 Å². The summed E-state index contributed by atoms with van der Waals surface area (Å²) in [6.45, 7) is 4.37. The Morgan fingerprint density at radius 3 is 2.29 bits per heavy atom. The lowest BCUT2D eigenvalue weighted by atomic mass is 10.1. The van der Waals surface area contributed by atoms with Gasteiger partial charge in [0.2, 0.25) is 10.0 Å². The topological polar surface area (TPSA) is 74.7 Å². The molecule has 0 spiro atoms. The second-order valence-corrected chi connectivity index (χ2v) is 7.11. The van der Waals surface area contributed by atoms with Gasteiger partial charge in [-0.05, 0) is 37.6 Å². The molecule has 0 aliphatic rings. The molecule has 0 aliphatic carbocycles. The van der Waals surface area contributed by atoms with Gasteiger partial charge in [-0.25, -0.2) is 8.42 Å². The minimum absolute atomic E-state index is 0.0621. The molecule has 0 atom stereocenters. The molecule has 0 heterocycles. The van der Waals surface area contributed by atoms with Crippen LogP contribution in [-0.4, -0.2) is 35.9 Å². The predicted molar refractivity (Wildman–Crippen MR) is 83.5 cm³/mol. The Balaban J connectivity index is 3.09. The van der Waals surface area contributed by atoms with E-state index in [1.807, 2.05) is 0 Å². The molecule has 0 aromatic heterocycles. The molecule has 21 heavy (non-hydrogen) atoms. The van der Waals surface area contributed by atoms with Gasteiger partial charge in [-0.2, -0.15) is 4.31 Å². The van der Waals surface area contributed by atoms with Gasteiger partial charge in [-0.15, -0.1) is 0 Å². The summed E-state index contributed by atoms with van der Waals surface area (Å²) < 4.78 is 25.5. The van der Waals surface area contributed by atoms with E-state index in [1.165, 1.54) is 19.9 Å². The van der Waals surface area contributed by atoms with Crippen molar-refractivity contribution in [3.8, 4) is 0 Å². The second kappa shape index (κ2) is 6.60. The minimum Gasteiger partial charge on any atom is -0.480 e. The highest BCUT2D eigenvalue weighted by atomic mass is 35.5. The first kappa shape index (κ1) is 17.7. The van der Waals surface area contributed by atoms with E-state index < -0.39 is 21.5 Å². The fourth-order valence-electron chi connectivity index (χ4n) is 1.81. The Bertz CT molecular complexity index is 635. The molecule has 1 rings (SSSR count). The molecule has 0 saturated heterocycles. The summed E-state index contributed by atoms with van der Waals surface area (Å²) >= 11 is 5.75. The first-order valence-electron chi connectivity index (χ1n) is 6.31. The number of carbonyl (C=O) groups is 1. The molecular weight excluding hydrogens is 314 g/mol. The lowest BCUT2D eigenvalue weighted by Gasteiger charge is -2.31. The SMILES string of the molecule is CCN(C(C)(C)C(=O)O)S(=O)(=O)C=Cc1ccc(Cl)cc1. The van der Waals surface area contributed by atoms with Gasteiger partial charge in [0, 0.05) is 17.0 Å². The Morgan fingerprint density at radius 1 is 1.33 bits per heavy atom. The van der Waals surface area contributed by atoms with Gasteiger partial charge in [0.25, 0.3) is 0 Å². The van der Waals surface area contributed by atoms with Crippen molar-refractivity contribution in [2.45, 2.75) is 26.3 Å². The normalized spacial score (nSPS) is 13.0. The summed E-state index contributed by atoms with van der Waals surface area (Å²) in [6, 6.07) is 6.64. The van der Waals surface area contributed by atoms with Crippen LogP contribution in [0.4, 0.5) is 0 Å². The van der Waals surface area contributed by atoms with Crippen LogP contribution >= 0.6 is 11.6 Å². The third-order valence-corrected chi connectivity index (χ3v) is 5.10. The van der Waals surface area contributed by atoms with Gasteiger partial charge in [-0.1, -0.05) is 30.7 Å². The number of nitrogens with zero attached hydrogens (tertiary/aromatic N) is 1. The summed E-state index contributed by atoms with van der Waals surface area (Å²) in [5.74, 6) is -1.20. The van der Waals surface area contributed by atoms with Crippen molar-refractivity contribution < 1.29 is 18.3 Å². The lowest BCUT2D eigenvalue weighted by molar-refractivity contribution is -0.146. The fourth-order valence-corrected chi connectivity index (χ4v) is 3.49. The third-order valence-electron chi connectivity index (χ3n) is 3.04. The van der Waals surface area contributed by atoms with Crippen LogP contribution in [0.2, 0.25) is 5.02 Å². The van der Waals surface area contributed by atoms with Crippen LogP contribution in [0.5, 0.6) is 0 Å². The molecule has 1 N–H and O–H groups in total. The van der Waals surface area contributed by atoms with Crippen molar-refractivity contribution in [1.29, 1.82) is 0 Å². The van der Waals surface area contributed by atoms with Crippen molar-refractivity contribution in [3.63, 3.8) is 0 Å². The van der Waals surface area contributed by atoms with Crippen molar-refractivity contribution in [2.75, 3.05) is 6.54 Å². The maximum Gasteiger partial charge on any atom is 0.324 e. The average molecular weight is 332 g/mol. The number of carboxylic acids is 1. The van der Waals surface area contributed by atoms with Crippen molar-refractivity contribution in [1.82, 2.24) is 4.31 Å². The van der Waals surface area contributed by atoms with Gasteiger partial charge in [0.1, 0.15) is 5.54 Å². The number of benzene rings is 1. The Kier molecular flexibility index (Phi) is 5.55. The third kappa shape index (κ3) is 4.30. The molecule has 0 fully saturated rings. The van der Waals surface area contributed by atoms with Gasteiger partial charge >= 0.3 is 5.97 Å². The average Bonchev–Trinajstić information content (AvgIpc) is 2.38. The number of carboxylic acid groups (broad SMARTS) is 1. The molecular formula is C14H18ClNO4S. The van der Waals surface area contributed by atoms with Gasteiger partial charge in [0.05, 0.1) is 0 Å². The summed E-state index contributed by atoms with van der Waals surface area (Å²) in [5, 5.41) is 10.7. The summed E-state index contributed by atoms with van der Waals surface area (Å²) in [5.41, 5.74) is -0.857. The summed E-state index contributed by atoms with van der Waals surface area (Å²) in [4.78, 5) is 11.2. The smallest absolute Gasteiger partial charge is 0.324 e. The first-order chi connectivity index (χ1) is 9.61. The molecule has 116 valence electrons. The molecule has 7 heteroatoms. The number of hydrogen-bond donors (Lipinski definition) is 1. The van der Waals surface area contributed by atoms with E-state index in [9.17, 15) is 18.3 Å². The number of likely N-dealkylation sites (N-methyl/N-ethyl adjacent to an activating group) is 1. The van der Waals surface area contributed by atoms with E-state index in [2.05, 4.69) is 0 Å². The molecule has 0 aliphatic heterocycles. The van der Waals surface area contributed by atoms with E-state index in [4.69, 9.17) is 11.6 Å². The largest absolute Gasteiger partial charge is 0.480 e. The van der Waals surface area contributed by atoms with Crippen LogP contribution in [0.1, 0.15) is 26.3 Å². The van der Waals surface area contributed by atoms with Crippen LogP contribution in [0, 0.1) is 0 Å². The van der Waals surface area contributed by atoms with E-state index in [0.29, 0.717) is 10.6 Å². The van der Waals surface area contributed by atoms with Crippen molar-refractivity contribution in [3.05, 3.63) is 40.3 Å². The highest BCUT2D eigenvalue weighted by Crippen LogP contribution is 2.21. The van der Waals surface area contributed by atoms with Crippen LogP contribution < -0.4 is 0 Å². The van der Waals surface area contributed by atoms with Crippen molar-refractivity contribution >= 4 is 33.7 Å². The predicted octanol–water partition coefficient (Wildman–Crippen LogP) is 2.83. The number of hydrogen-bond acceptors (Lipinski definition) is 3. The van der Waals surface area contributed by atoms with Crippen LogP contribution in [0.15, 0.2) is 29.7 Å². The minimum atomic E-state index is -3.84. The van der Waals surface area contributed by atoms with Crippen molar-refractivity contribution in [2.24, 2.45) is 0 Å². The molecule has 0 bridgehead atoms. The Hall–Kier alpha value is -1.37. The fraction of sp³-hybridized carbons (Fsp3) is 0.357. The summed E-state index contributed by atoms with van der Waals surface area (Å²) in [7, 11) is -3.84. The molecule has 1 aromatic carbocycles. The zero-order valence-electron chi connectivity index (χ0n) is 12.1. The van der Waals surface area contributed by atoms with Crippen LogP contribution in [0.25, 0.3) is 6.08 Å². The highest BCUT2D eigenvalue weighted by molar-refractivity contribution is 7.92. The quantitative estimate of drug-likeness (QED) is 0.869. The molecule has 0 saturated carbocycles. The zero-order chi connectivity index (χ0) is 16.3. The molecule has 0 radical (unpaired) electrons. The van der Waals surface area contributed by atoms with E-state index >= 15 is 0 Å². The summed E-state index contributed by atoms with van der Waals surface area (Å²) in [6.07, 6.45) is 1.41. The number of rotatable bonds is 6. The highest BCUT2D eigenvalue weighted by Gasteiger charge is 2.40. The molecule has 0 unspecified atom stereocenters. The lowest BCUT2D eigenvalue weighted by Crippen LogP contribution is -2.52. The maximum atomic E-state index is 12.3. The number of halogens is 1. The first-order valence-corrected chi connectivity index (χ1v) is 8.19. The number of sulfonamides is 1. The van der Waals surface area contributed by atoms with Gasteiger partial charge in [-0.3, -0.25) is 4.79 Å².